The summed E-state index contributed by atoms with van der Waals surface area (Å²) < 4.78 is 40.8. The molecule has 52 heavy (non-hydrogen) atoms. The first-order valence-corrected chi connectivity index (χ1v) is 20.7. The fourth-order valence-electron chi connectivity index (χ4n) is 7.28. The molecule has 3 aromatic rings. The Bertz CT molecular complexity index is 2110. The second-order valence-electron chi connectivity index (χ2n) is 14.1. The molecule has 274 valence electrons. The van der Waals surface area contributed by atoms with Crippen LogP contribution in [0.25, 0.3) is 21.6 Å². The summed E-state index contributed by atoms with van der Waals surface area (Å²) in [6.45, 7) is 0.564. The van der Waals surface area contributed by atoms with Gasteiger partial charge in [0.05, 0.1) is 34.4 Å². The van der Waals surface area contributed by atoms with Gasteiger partial charge < -0.3 is 19.7 Å². The first kappa shape index (κ1) is 36.4. The topological polar surface area (TPSA) is 157 Å². The summed E-state index contributed by atoms with van der Waals surface area (Å²) in [6, 6.07) is 5.47. The molecule has 3 fully saturated rings. The van der Waals surface area contributed by atoms with E-state index < -0.39 is 50.6 Å². The number of pyridine rings is 1. The summed E-state index contributed by atoms with van der Waals surface area (Å²) in [5, 5.41) is 5.46. The van der Waals surface area contributed by atoms with Crippen LogP contribution in [0.2, 0.25) is 0 Å². The molecule has 15 heteroatoms. The molecule has 1 aromatic carbocycles. The molecule has 12 nitrogen and oxygen atoms in total. The highest BCUT2D eigenvalue weighted by molar-refractivity contribution is 9.10. The molecule has 0 bridgehead atoms. The lowest BCUT2D eigenvalue weighted by Crippen LogP contribution is -2.56. The first-order valence-electron chi connectivity index (χ1n) is 17.5. The van der Waals surface area contributed by atoms with Gasteiger partial charge in [-0.2, -0.15) is 0 Å². The molecule has 5 atom stereocenters. The van der Waals surface area contributed by atoms with Gasteiger partial charge in [-0.15, -0.1) is 17.8 Å². The van der Waals surface area contributed by atoms with Crippen LogP contribution in [-0.4, -0.2) is 78.6 Å². The largest absolute Gasteiger partial charge is 0.495 e. The van der Waals surface area contributed by atoms with Crippen molar-refractivity contribution in [1.29, 1.82) is 0 Å². The maximum Gasteiger partial charge on any atom is 0.259 e. The van der Waals surface area contributed by atoms with Crippen LogP contribution in [0.5, 0.6) is 11.5 Å². The number of nitrogens with zero attached hydrogens (tertiary/aromatic N) is 3. The number of benzene rings is 1. The maximum atomic E-state index is 14.4. The van der Waals surface area contributed by atoms with Gasteiger partial charge in [0.2, 0.25) is 21.8 Å². The van der Waals surface area contributed by atoms with Crippen LogP contribution < -0.4 is 19.5 Å². The quantitative estimate of drug-likeness (QED) is 0.249. The Balaban J connectivity index is 1.21. The second-order valence-corrected chi connectivity index (χ2v) is 17.7. The van der Waals surface area contributed by atoms with Crippen molar-refractivity contribution < 1.29 is 32.3 Å². The molecule has 0 spiro atoms. The van der Waals surface area contributed by atoms with E-state index in [0.29, 0.717) is 75.5 Å². The average Bonchev–Trinajstić information content (AvgIpc) is 4.05. The molecule has 4 aliphatic rings. The zero-order chi connectivity index (χ0) is 36.8. The second kappa shape index (κ2) is 14.4. The molecule has 2 aromatic heterocycles. The molecule has 2 N–H and O–H groups in total. The Kier molecular flexibility index (Phi) is 10.1. The Morgan fingerprint density at radius 1 is 1.15 bits per heavy atom. The van der Waals surface area contributed by atoms with Crippen molar-refractivity contribution in [3.8, 4) is 34.5 Å². The summed E-state index contributed by atoms with van der Waals surface area (Å²) in [6.07, 6.45) is 13.7. The smallest absolute Gasteiger partial charge is 0.259 e. The number of rotatable bonds is 7. The lowest BCUT2D eigenvalue weighted by molar-refractivity contribution is -0.145. The number of amides is 3. The highest BCUT2D eigenvalue weighted by Gasteiger charge is 2.62. The lowest BCUT2D eigenvalue weighted by atomic mass is 9.76. The van der Waals surface area contributed by atoms with Gasteiger partial charge in [-0.1, -0.05) is 12.2 Å². The van der Waals surface area contributed by atoms with Crippen molar-refractivity contribution in [2.24, 2.45) is 17.8 Å². The molecule has 0 unspecified atom stereocenters. The molecule has 1 aliphatic heterocycles. The number of carbonyl (C=O) groups excluding carboxylic acids is 3. The molecule has 0 saturated heterocycles. The minimum Gasteiger partial charge on any atom is -0.495 e. The number of nitrogens with one attached hydrogen (secondary N) is 2. The van der Waals surface area contributed by atoms with E-state index in [9.17, 15) is 22.8 Å². The zero-order valence-electron chi connectivity index (χ0n) is 28.9. The predicted octanol–water partition coefficient (Wildman–Crippen LogP) is 4.96. The predicted molar refractivity (Wildman–Crippen MR) is 200 cm³/mol. The van der Waals surface area contributed by atoms with Gasteiger partial charge in [0.25, 0.3) is 5.91 Å². The molecule has 3 saturated carbocycles. The Morgan fingerprint density at radius 3 is 2.69 bits per heavy atom. The van der Waals surface area contributed by atoms with Crippen LogP contribution in [0.4, 0.5) is 0 Å². The SMILES string of the molecule is C#Cc1csc(-c2cc(O[C@H]3CC[C@H]4C(=O)N(C)CCCC/C=C\[C@@H]5C[C@@]5(C(=O)NS(=O)(=O)C5CC5)NC(=O)[C@@H]4C3)c3ccc(OC)c(Br)c3n2)n1. The number of carbonyl (C=O) groups is 3. The molecular weight excluding hydrogens is 770 g/mol. The number of terminal acetylenes is 1. The third-order valence-corrected chi connectivity index (χ3v) is 14.0. The average molecular weight is 811 g/mol. The van der Waals surface area contributed by atoms with E-state index in [-0.39, 0.29) is 24.7 Å². The minimum atomic E-state index is -3.84. The van der Waals surface area contributed by atoms with E-state index in [2.05, 4.69) is 36.9 Å². The van der Waals surface area contributed by atoms with Gasteiger partial charge in [0.1, 0.15) is 33.4 Å². The molecule has 3 heterocycles. The highest BCUT2D eigenvalue weighted by Crippen LogP contribution is 2.47. The fourth-order valence-corrected chi connectivity index (χ4v) is 9.96. The minimum absolute atomic E-state index is 0.130. The summed E-state index contributed by atoms with van der Waals surface area (Å²) in [5.41, 5.74) is 0.213. The van der Waals surface area contributed by atoms with E-state index >= 15 is 0 Å². The number of hydrogen-bond donors (Lipinski definition) is 2. The standard InChI is InChI=1S/C37H40BrN5O7S2/c1-4-22-20-51-34(39-22)28-18-30(26-14-15-29(49-3)31(38)32(26)40-28)50-23-10-13-25-27(17-23)33(44)41-37(36(46)42-52(47,48)24-11-12-24)19-21(37)9-7-5-6-8-16-43(2)35(25)45/h1,7,9,14-15,18,20-21,23-25,27H,5-6,8,10-13,16-17,19H2,2-3H3,(H,41,44)(H,42,46)/b9-7-/t21-,23+,25-,27-,37-/m1/s1. The van der Waals surface area contributed by atoms with Gasteiger partial charge in [-0.25, -0.2) is 18.4 Å². The van der Waals surface area contributed by atoms with Crippen LogP contribution in [0, 0.1) is 30.1 Å². The number of aromatic nitrogens is 2. The number of hydrogen-bond acceptors (Lipinski definition) is 10. The third kappa shape index (κ3) is 7.17. The van der Waals surface area contributed by atoms with E-state index in [0.717, 1.165) is 19.3 Å². The lowest BCUT2D eigenvalue weighted by Gasteiger charge is -2.37. The maximum absolute atomic E-state index is 14.4. The number of methoxy groups -OCH3 is 1. The van der Waals surface area contributed by atoms with Crippen molar-refractivity contribution in [3.63, 3.8) is 0 Å². The van der Waals surface area contributed by atoms with E-state index in [4.69, 9.17) is 20.9 Å². The van der Waals surface area contributed by atoms with Gasteiger partial charge in [-0.05, 0) is 91.8 Å². The normalized spacial score (nSPS) is 27.3. The molecule has 0 radical (unpaired) electrons. The van der Waals surface area contributed by atoms with Gasteiger partial charge in [-0.3, -0.25) is 19.1 Å². The summed E-state index contributed by atoms with van der Waals surface area (Å²) in [7, 11) is -0.511. The van der Waals surface area contributed by atoms with Crippen molar-refractivity contribution >= 4 is 65.9 Å². The van der Waals surface area contributed by atoms with Crippen molar-refractivity contribution in [1.82, 2.24) is 24.9 Å². The van der Waals surface area contributed by atoms with Gasteiger partial charge in [0.15, 0.2) is 0 Å². The monoisotopic (exact) mass is 809 g/mol. The van der Waals surface area contributed by atoms with Crippen molar-refractivity contribution in [2.45, 2.75) is 74.7 Å². The number of ether oxygens (including phenoxy) is 2. The number of allylic oxidation sites excluding steroid dienone is 1. The van der Waals surface area contributed by atoms with Crippen LogP contribution >= 0.6 is 27.3 Å². The van der Waals surface area contributed by atoms with E-state index in [1.54, 1.807) is 30.5 Å². The number of fused-ring (bicyclic) bond motifs is 3. The number of halogens is 1. The van der Waals surface area contributed by atoms with Gasteiger partial charge >= 0.3 is 0 Å². The summed E-state index contributed by atoms with van der Waals surface area (Å²) in [4.78, 5) is 53.1. The van der Waals surface area contributed by atoms with Gasteiger partial charge in [0, 0.05) is 42.3 Å². The highest BCUT2D eigenvalue weighted by atomic mass is 79.9. The Hall–Kier alpha value is -4.00. The molecular formula is C37H40BrN5O7S2. The van der Waals surface area contributed by atoms with Crippen LogP contribution in [0.15, 0.2) is 40.2 Å². The van der Waals surface area contributed by atoms with Crippen LogP contribution in [-0.2, 0) is 24.4 Å². The van der Waals surface area contributed by atoms with E-state index in [1.807, 2.05) is 24.3 Å². The first-order chi connectivity index (χ1) is 24.9. The fraction of sp³-hybridized carbons (Fsp3) is 0.486. The molecule has 3 amide bonds. The molecule has 7 rings (SSSR count). The van der Waals surface area contributed by atoms with Crippen LogP contribution in [0.3, 0.4) is 0 Å². The Labute approximate surface area is 315 Å². The number of sulfonamides is 1. The third-order valence-electron chi connectivity index (χ3n) is 10.5. The zero-order valence-corrected chi connectivity index (χ0v) is 32.1. The summed E-state index contributed by atoms with van der Waals surface area (Å²) >= 11 is 5.00. The molecule has 3 aliphatic carbocycles. The van der Waals surface area contributed by atoms with Crippen LogP contribution in [0.1, 0.15) is 63.5 Å². The number of thiazole rings is 1. The summed E-state index contributed by atoms with van der Waals surface area (Å²) in [5.74, 6) is 0.488. The Morgan fingerprint density at radius 2 is 1.96 bits per heavy atom. The van der Waals surface area contributed by atoms with Crippen molar-refractivity contribution in [3.05, 3.63) is 45.9 Å². The van der Waals surface area contributed by atoms with E-state index in [1.165, 1.54) is 11.3 Å². The van der Waals surface area contributed by atoms with Crippen molar-refractivity contribution in [2.75, 3.05) is 20.7 Å².